The first-order chi connectivity index (χ1) is 11.6. The average Bonchev–Trinajstić information content (AvgIpc) is 3.26. The van der Waals surface area contributed by atoms with Gasteiger partial charge < -0.3 is 10.4 Å². The topological polar surface area (TPSA) is 84.2 Å². The predicted octanol–water partition coefficient (Wildman–Crippen LogP) is 2.87. The second-order valence-electron chi connectivity index (χ2n) is 6.10. The van der Waals surface area contributed by atoms with Crippen molar-refractivity contribution in [2.45, 2.75) is 38.1 Å². The molecule has 0 radical (unpaired) electrons. The Hall–Kier alpha value is -2.63. The molecule has 6 nitrogen and oxygen atoms in total. The molecule has 0 aliphatic heterocycles. The number of nitrogens with one attached hydrogen (secondary N) is 1. The Morgan fingerprint density at radius 3 is 2.54 bits per heavy atom. The maximum atomic E-state index is 11.9. The van der Waals surface area contributed by atoms with Crippen molar-refractivity contribution in [3.05, 3.63) is 42.1 Å². The van der Waals surface area contributed by atoms with E-state index in [4.69, 9.17) is 5.11 Å². The lowest BCUT2D eigenvalue weighted by molar-refractivity contribution is -0.136. The molecule has 1 heterocycles. The average molecular weight is 327 g/mol. The van der Waals surface area contributed by atoms with Gasteiger partial charge in [-0.25, -0.2) is 0 Å². The molecule has 0 spiro atoms. The van der Waals surface area contributed by atoms with Crippen LogP contribution in [0.3, 0.4) is 0 Å². The van der Waals surface area contributed by atoms with Gasteiger partial charge in [-0.2, -0.15) is 5.10 Å². The van der Waals surface area contributed by atoms with Gasteiger partial charge in [-0.05, 0) is 31.0 Å². The van der Waals surface area contributed by atoms with Gasteiger partial charge >= 0.3 is 5.97 Å². The lowest BCUT2D eigenvalue weighted by Crippen LogP contribution is -2.25. The molecule has 1 saturated carbocycles. The van der Waals surface area contributed by atoms with Crippen LogP contribution in [-0.2, 0) is 4.79 Å². The van der Waals surface area contributed by atoms with Gasteiger partial charge in [0.25, 0.3) is 5.91 Å². The van der Waals surface area contributed by atoms with Gasteiger partial charge in [0.2, 0.25) is 0 Å². The standard InChI is InChI=1S/C18H21N3O3/c22-17(23)9-11-19-18(24)14-7-5-13(6-8-14)16-10-12-21(20-16)15-3-1-2-4-15/h5-8,10,12,15H,1-4,9,11H2,(H,19,24)(H,22,23). The molecule has 2 N–H and O–H groups in total. The number of carbonyl (C=O) groups excluding carboxylic acids is 1. The molecule has 126 valence electrons. The molecular weight excluding hydrogens is 306 g/mol. The number of benzene rings is 1. The van der Waals surface area contributed by atoms with E-state index in [-0.39, 0.29) is 18.9 Å². The molecule has 2 aromatic rings. The fourth-order valence-electron chi connectivity index (χ4n) is 3.04. The maximum Gasteiger partial charge on any atom is 0.305 e. The normalized spacial score (nSPS) is 14.7. The lowest BCUT2D eigenvalue weighted by Gasteiger charge is -2.09. The summed E-state index contributed by atoms with van der Waals surface area (Å²) in [6, 6.07) is 9.72. The number of hydrogen-bond acceptors (Lipinski definition) is 3. The monoisotopic (exact) mass is 327 g/mol. The van der Waals surface area contributed by atoms with Gasteiger partial charge in [0.05, 0.1) is 18.2 Å². The van der Waals surface area contributed by atoms with E-state index in [9.17, 15) is 9.59 Å². The summed E-state index contributed by atoms with van der Waals surface area (Å²) >= 11 is 0. The number of carboxylic acids is 1. The van der Waals surface area contributed by atoms with E-state index in [1.807, 2.05) is 24.4 Å². The zero-order chi connectivity index (χ0) is 16.9. The highest BCUT2D eigenvalue weighted by molar-refractivity contribution is 5.94. The van der Waals surface area contributed by atoms with Gasteiger partial charge in [-0.1, -0.05) is 25.0 Å². The number of carbonyl (C=O) groups is 2. The highest BCUT2D eigenvalue weighted by Gasteiger charge is 2.17. The van der Waals surface area contributed by atoms with E-state index in [1.165, 1.54) is 25.7 Å². The molecule has 0 bridgehead atoms. The van der Waals surface area contributed by atoms with Crippen molar-refractivity contribution in [2.75, 3.05) is 6.54 Å². The summed E-state index contributed by atoms with van der Waals surface area (Å²) in [7, 11) is 0. The van der Waals surface area contributed by atoms with Crippen molar-refractivity contribution in [2.24, 2.45) is 0 Å². The van der Waals surface area contributed by atoms with Crippen molar-refractivity contribution in [3.8, 4) is 11.3 Å². The van der Waals surface area contributed by atoms with Gasteiger partial charge in [-0.3, -0.25) is 14.3 Å². The first kappa shape index (κ1) is 16.2. The fourth-order valence-corrected chi connectivity index (χ4v) is 3.04. The Bertz CT molecular complexity index is 715. The van der Waals surface area contributed by atoms with Crippen LogP contribution < -0.4 is 5.32 Å². The number of rotatable bonds is 6. The Morgan fingerprint density at radius 1 is 1.17 bits per heavy atom. The third kappa shape index (κ3) is 3.82. The maximum absolute atomic E-state index is 11.9. The van der Waals surface area contributed by atoms with Crippen molar-refractivity contribution in [1.29, 1.82) is 0 Å². The second-order valence-corrected chi connectivity index (χ2v) is 6.10. The number of nitrogens with zero attached hydrogens (tertiary/aromatic N) is 2. The number of amides is 1. The number of carboxylic acid groups (broad SMARTS) is 1. The van der Waals surface area contributed by atoms with Gasteiger partial charge in [0.1, 0.15) is 0 Å². The highest BCUT2D eigenvalue weighted by Crippen LogP contribution is 2.30. The van der Waals surface area contributed by atoms with Crippen LogP contribution in [0.2, 0.25) is 0 Å². The molecule has 1 aliphatic carbocycles. The molecule has 6 heteroatoms. The first-order valence-electron chi connectivity index (χ1n) is 8.29. The highest BCUT2D eigenvalue weighted by atomic mass is 16.4. The first-order valence-corrected chi connectivity index (χ1v) is 8.29. The van der Waals surface area contributed by atoms with Crippen LogP contribution in [0.5, 0.6) is 0 Å². The van der Waals surface area contributed by atoms with Crippen LogP contribution in [0.4, 0.5) is 0 Å². The summed E-state index contributed by atoms with van der Waals surface area (Å²) in [5, 5.41) is 15.8. The third-order valence-corrected chi connectivity index (χ3v) is 4.37. The summed E-state index contributed by atoms with van der Waals surface area (Å²) in [6.07, 6.45) is 6.87. The summed E-state index contributed by atoms with van der Waals surface area (Å²) < 4.78 is 2.05. The molecule has 24 heavy (non-hydrogen) atoms. The van der Waals surface area contributed by atoms with Gasteiger partial charge in [-0.15, -0.1) is 0 Å². The number of hydrogen-bond donors (Lipinski definition) is 2. The van der Waals surface area contributed by atoms with E-state index in [0.29, 0.717) is 11.6 Å². The van der Waals surface area contributed by atoms with Crippen molar-refractivity contribution in [3.63, 3.8) is 0 Å². The quantitative estimate of drug-likeness (QED) is 0.854. The van der Waals surface area contributed by atoms with Crippen LogP contribution >= 0.6 is 0 Å². The molecule has 1 aromatic carbocycles. The molecule has 1 amide bonds. The molecule has 0 unspecified atom stereocenters. The van der Waals surface area contributed by atoms with Gasteiger partial charge in [0.15, 0.2) is 0 Å². The minimum atomic E-state index is -0.927. The van der Waals surface area contributed by atoms with Crippen LogP contribution in [0, 0.1) is 0 Å². The van der Waals surface area contributed by atoms with Crippen LogP contribution in [0.15, 0.2) is 36.5 Å². The minimum absolute atomic E-state index is 0.0809. The zero-order valence-corrected chi connectivity index (χ0v) is 13.4. The number of aromatic nitrogens is 2. The molecule has 0 saturated heterocycles. The van der Waals surface area contributed by atoms with E-state index in [1.54, 1.807) is 12.1 Å². The fraction of sp³-hybridized carbons (Fsp3) is 0.389. The summed E-state index contributed by atoms with van der Waals surface area (Å²) in [6.45, 7) is 0.127. The molecule has 1 aliphatic rings. The molecule has 1 aromatic heterocycles. The molecular formula is C18H21N3O3. The van der Waals surface area contributed by atoms with E-state index < -0.39 is 5.97 Å². The van der Waals surface area contributed by atoms with E-state index in [2.05, 4.69) is 15.1 Å². The third-order valence-electron chi connectivity index (χ3n) is 4.37. The number of aliphatic carboxylic acids is 1. The Kier molecular flexibility index (Phi) is 4.93. The Morgan fingerprint density at radius 2 is 1.88 bits per heavy atom. The summed E-state index contributed by atoms with van der Waals surface area (Å²) in [5.74, 6) is -1.19. The molecule has 1 fully saturated rings. The van der Waals surface area contributed by atoms with E-state index >= 15 is 0 Å². The summed E-state index contributed by atoms with van der Waals surface area (Å²) in [4.78, 5) is 22.4. The van der Waals surface area contributed by atoms with Crippen LogP contribution in [-0.4, -0.2) is 33.3 Å². The van der Waals surface area contributed by atoms with Crippen LogP contribution in [0.1, 0.15) is 48.5 Å². The van der Waals surface area contributed by atoms with Gasteiger partial charge in [0, 0.05) is 23.9 Å². The SMILES string of the molecule is O=C(O)CCNC(=O)c1ccc(-c2ccn(C3CCCC3)n2)cc1. The van der Waals surface area contributed by atoms with Crippen molar-refractivity contribution in [1.82, 2.24) is 15.1 Å². The second kappa shape index (κ2) is 7.29. The zero-order valence-electron chi connectivity index (χ0n) is 13.4. The Balaban J connectivity index is 1.63. The molecule has 3 rings (SSSR count). The predicted molar refractivity (Wildman–Crippen MR) is 89.8 cm³/mol. The van der Waals surface area contributed by atoms with Crippen LogP contribution in [0.25, 0.3) is 11.3 Å². The Labute approximate surface area is 140 Å². The smallest absolute Gasteiger partial charge is 0.305 e. The lowest BCUT2D eigenvalue weighted by atomic mass is 10.1. The summed E-state index contributed by atoms with van der Waals surface area (Å²) in [5.41, 5.74) is 2.38. The van der Waals surface area contributed by atoms with Crippen molar-refractivity contribution < 1.29 is 14.7 Å². The minimum Gasteiger partial charge on any atom is -0.481 e. The van der Waals surface area contributed by atoms with E-state index in [0.717, 1.165) is 11.3 Å². The van der Waals surface area contributed by atoms with Crippen molar-refractivity contribution >= 4 is 11.9 Å². The largest absolute Gasteiger partial charge is 0.481 e. The molecule has 0 atom stereocenters.